The van der Waals surface area contributed by atoms with Gasteiger partial charge in [0.15, 0.2) is 11.5 Å². The van der Waals surface area contributed by atoms with Crippen molar-refractivity contribution >= 4 is 16.9 Å². The average molecular weight is 364 g/mol. The van der Waals surface area contributed by atoms with E-state index in [0.29, 0.717) is 17.9 Å². The maximum Gasteiger partial charge on any atom is 0.164 e. The molecule has 27 heavy (non-hydrogen) atoms. The van der Waals surface area contributed by atoms with Gasteiger partial charge in [-0.25, -0.2) is 9.97 Å². The predicted octanol–water partition coefficient (Wildman–Crippen LogP) is 1.23. The number of anilines is 1. The van der Waals surface area contributed by atoms with Gasteiger partial charge in [-0.1, -0.05) is 0 Å². The van der Waals surface area contributed by atoms with Gasteiger partial charge in [0.25, 0.3) is 0 Å². The smallest absolute Gasteiger partial charge is 0.164 e. The minimum absolute atomic E-state index is 0.394. The second-order valence-electron chi connectivity index (χ2n) is 7.63. The first-order chi connectivity index (χ1) is 13.2. The zero-order chi connectivity index (χ0) is 18.4. The summed E-state index contributed by atoms with van der Waals surface area (Å²) in [5, 5.41) is 9.06. The van der Waals surface area contributed by atoms with Gasteiger partial charge < -0.3 is 10.2 Å². The molecule has 0 bridgehead atoms. The van der Waals surface area contributed by atoms with Crippen molar-refractivity contribution in [1.29, 1.82) is 0 Å². The van der Waals surface area contributed by atoms with E-state index in [1.807, 2.05) is 25.4 Å². The molecule has 2 aliphatic heterocycles. The van der Waals surface area contributed by atoms with Crippen LogP contribution in [0.3, 0.4) is 0 Å². The van der Waals surface area contributed by atoms with Crippen molar-refractivity contribution in [3.63, 3.8) is 0 Å². The highest BCUT2D eigenvalue weighted by atomic mass is 15.3. The number of aryl methyl sites for hydroxylation is 1. The molecule has 5 rings (SSSR count). The van der Waals surface area contributed by atoms with E-state index in [2.05, 4.69) is 32.2 Å². The van der Waals surface area contributed by atoms with E-state index in [0.717, 1.165) is 55.0 Å². The van der Waals surface area contributed by atoms with Crippen LogP contribution in [0.1, 0.15) is 6.42 Å². The largest absolute Gasteiger partial charge is 0.365 e. The van der Waals surface area contributed by atoms with Gasteiger partial charge in [0.05, 0.1) is 11.6 Å². The standard InChI is InChI=1S/C19H24N8/c1-25-7-8-27-11-14(9-15(27)12-25)22-18-16-10-21-26(2)19(16)24-17(23-18)13-3-5-20-6-4-13/h3-6,10,14-15H,7-9,11-12H2,1-2H3,(H,22,23,24)/t14-,15-/m0/s1. The summed E-state index contributed by atoms with van der Waals surface area (Å²) in [7, 11) is 4.13. The SMILES string of the molecule is CN1CCN2C[C@@H](Nc3nc(-c4ccncc4)nc4c3cnn4C)C[C@H]2C1. The molecule has 2 fully saturated rings. The lowest BCUT2D eigenvalue weighted by Crippen LogP contribution is -2.48. The molecule has 2 atom stereocenters. The number of pyridine rings is 1. The molecule has 0 aromatic carbocycles. The number of aromatic nitrogens is 5. The van der Waals surface area contributed by atoms with Crippen LogP contribution < -0.4 is 5.32 Å². The molecule has 3 aromatic heterocycles. The molecule has 140 valence electrons. The second kappa shape index (κ2) is 6.54. The Hall–Kier alpha value is -2.58. The fraction of sp³-hybridized carbons (Fsp3) is 0.474. The fourth-order valence-corrected chi connectivity index (χ4v) is 4.26. The normalized spacial score (nSPS) is 23.6. The quantitative estimate of drug-likeness (QED) is 0.749. The van der Waals surface area contributed by atoms with Gasteiger partial charge >= 0.3 is 0 Å². The van der Waals surface area contributed by atoms with Crippen LogP contribution in [-0.4, -0.2) is 79.8 Å². The maximum atomic E-state index is 4.85. The lowest BCUT2D eigenvalue weighted by molar-refractivity contribution is 0.124. The van der Waals surface area contributed by atoms with E-state index in [1.165, 1.54) is 0 Å². The Morgan fingerprint density at radius 2 is 1.93 bits per heavy atom. The number of hydrogen-bond acceptors (Lipinski definition) is 7. The second-order valence-corrected chi connectivity index (χ2v) is 7.63. The van der Waals surface area contributed by atoms with Crippen molar-refractivity contribution in [2.45, 2.75) is 18.5 Å². The highest BCUT2D eigenvalue weighted by Gasteiger charge is 2.35. The summed E-state index contributed by atoms with van der Waals surface area (Å²) in [4.78, 5) is 18.7. The van der Waals surface area contributed by atoms with Gasteiger partial charge in [0, 0.05) is 63.3 Å². The van der Waals surface area contributed by atoms with E-state index >= 15 is 0 Å². The zero-order valence-corrected chi connectivity index (χ0v) is 15.7. The van der Waals surface area contributed by atoms with Crippen molar-refractivity contribution in [3.8, 4) is 11.4 Å². The van der Waals surface area contributed by atoms with E-state index in [9.17, 15) is 0 Å². The Kier molecular flexibility index (Phi) is 4.02. The van der Waals surface area contributed by atoms with Gasteiger partial charge in [-0.2, -0.15) is 5.10 Å². The molecule has 0 spiro atoms. The molecule has 0 aliphatic carbocycles. The van der Waals surface area contributed by atoms with Crippen LogP contribution >= 0.6 is 0 Å². The first-order valence-corrected chi connectivity index (χ1v) is 9.46. The van der Waals surface area contributed by atoms with Crippen LogP contribution in [0.2, 0.25) is 0 Å². The van der Waals surface area contributed by atoms with Crippen LogP contribution in [0.5, 0.6) is 0 Å². The number of nitrogens with zero attached hydrogens (tertiary/aromatic N) is 7. The molecule has 2 aliphatic rings. The highest BCUT2D eigenvalue weighted by molar-refractivity contribution is 5.88. The Balaban J connectivity index is 1.48. The van der Waals surface area contributed by atoms with Crippen LogP contribution in [-0.2, 0) is 7.05 Å². The molecule has 3 aromatic rings. The van der Waals surface area contributed by atoms with Crippen molar-refractivity contribution < 1.29 is 0 Å². The molecule has 2 saturated heterocycles. The molecule has 0 amide bonds. The summed E-state index contributed by atoms with van der Waals surface area (Å²) in [6.07, 6.45) is 6.53. The minimum atomic E-state index is 0.394. The molecule has 0 radical (unpaired) electrons. The topological polar surface area (TPSA) is 75.0 Å². The van der Waals surface area contributed by atoms with Gasteiger partial charge in [-0.15, -0.1) is 0 Å². The number of nitrogens with one attached hydrogen (secondary N) is 1. The van der Waals surface area contributed by atoms with Gasteiger partial charge in [-0.05, 0) is 25.6 Å². The van der Waals surface area contributed by atoms with Crippen molar-refractivity contribution in [3.05, 3.63) is 30.7 Å². The predicted molar refractivity (Wildman–Crippen MR) is 104 cm³/mol. The molecule has 1 N–H and O–H groups in total. The molecular weight excluding hydrogens is 340 g/mol. The van der Waals surface area contributed by atoms with Crippen molar-refractivity contribution in [1.82, 2.24) is 34.5 Å². The average Bonchev–Trinajstić information content (AvgIpc) is 3.25. The number of fused-ring (bicyclic) bond motifs is 2. The Bertz CT molecular complexity index is 953. The summed E-state index contributed by atoms with van der Waals surface area (Å²) in [6, 6.07) is 4.90. The fourth-order valence-electron chi connectivity index (χ4n) is 4.26. The monoisotopic (exact) mass is 364 g/mol. The van der Waals surface area contributed by atoms with E-state index in [4.69, 9.17) is 9.97 Å². The summed E-state index contributed by atoms with van der Waals surface area (Å²) < 4.78 is 1.81. The molecule has 8 heteroatoms. The van der Waals surface area contributed by atoms with Crippen LogP contribution in [0.4, 0.5) is 5.82 Å². The number of piperazine rings is 1. The molecular formula is C19H24N8. The third kappa shape index (κ3) is 3.04. The molecule has 0 saturated carbocycles. The van der Waals surface area contributed by atoms with Crippen LogP contribution in [0, 0.1) is 0 Å². The number of rotatable bonds is 3. The van der Waals surface area contributed by atoms with Crippen LogP contribution in [0.15, 0.2) is 30.7 Å². The van der Waals surface area contributed by atoms with E-state index in [1.54, 1.807) is 17.1 Å². The lowest BCUT2D eigenvalue weighted by atomic mass is 10.1. The Morgan fingerprint density at radius 1 is 1.07 bits per heavy atom. The molecule has 8 nitrogen and oxygen atoms in total. The minimum Gasteiger partial charge on any atom is -0.365 e. The first-order valence-electron chi connectivity index (χ1n) is 9.46. The summed E-state index contributed by atoms with van der Waals surface area (Å²) in [5.41, 5.74) is 1.80. The summed E-state index contributed by atoms with van der Waals surface area (Å²) >= 11 is 0. The van der Waals surface area contributed by atoms with Crippen molar-refractivity contribution in [2.24, 2.45) is 7.05 Å². The summed E-state index contributed by atoms with van der Waals surface area (Å²) in [5.74, 6) is 1.57. The molecule has 0 unspecified atom stereocenters. The Labute approximate surface area is 158 Å². The maximum absolute atomic E-state index is 4.85. The van der Waals surface area contributed by atoms with Crippen LogP contribution in [0.25, 0.3) is 22.4 Å². The first kappa shape index (κ1) is 16.6. The zero-order valence-electron chi connectivity index (χ0n) is 15.7. The molecule has 5 heterocycles. The highest BCUT2D eigenvalue weighted by Crippen LogP contribution is 2.28. The lowest BCUT2D eigenvalue weighted by Gasteiger charge is -2.34. The Morgan fingerprint density at radius 3 is 2.78 bits per heavy atom. The number of hydrogen-bond donors (Lipinski definition) is 1. The third-order valence-corrected chi connectivity index (χ3v) is 5.69. The van der Waals surface area contributed by atoms with E-state index in [-0.39, 0.29) is 0 Å². The number of likely N-dealkylation sites (N-methyl/N-ethyl adjacent to an activating group) is 1. The summed E-state index contributed by atoms with van der Waals surface area (Å²) in [6.45, 7) is 4.50. The van der Waals surface area contributed by atoms with E-state index < -0.39 is 0 Å². The van der Waals surface area contributed by atoms with Crippen molar-refractivity contribution in [2.75, 3.05) is 38.5 Å². The van der Waals surface area contributed by atoms with Gasteiger partial charge in [0.2, 0.25) is 0 Å². The third-order valence-electron chi connectivity index (χ3n) is 5.69. The van der Waals surface area contributed by atoms with Gasteiger partial charge in [-0.3, -0.25) is 14.6 Å². The van der Waals surface area contributed by atoms with Gasteiger partial charge in [0.1, 0.15) is 5.82 Å².